The molecule has 1 aromatic carbocycles. The minimum atomic E-state index is -3.16. The van der Waals surface area contributed by atoms with Gasteiger partial charge in [-0.3, -0.25) is 0 Å². The van der Waals surface area contributed by atoms with Gasteiger partial charge in [-0.05, 0) is 18.2 Å². The number of sulfonamides is 1. The Morgan fingerprint density at radius 1 is 1.41 bits per heavy atom. The number of nitrogens with zero attached hydrogens (tertiary/aromatic N) is 1. The van der Waals surface area contributed by atoms with Crippen LogP contribution < -0.4 is 10.0 Å². The zero-order valence-electron chi connectivity index (χ0n) is 9.20. The number of nitriles is 1. The average Bonchev–Trinajstić information content (AvgIpc) is 2.24. The van der Waals surface area contributed by atoms with Crippen molar-refractivity contribution < 1.29 is 8.42 Å². The third-order valence-corrected chi connectivity index (χ3v) is 3.13. The second-order valence-corrected chi connectivity index (χ2v) is 6.14. The van der Waals surface area contributed by atoms with Gasteiger partial charge in [-0.15, -0.1) is 0 Å². The summed E-state index contributed by atoms with van der Waals surface area (Å²) in [6.07, 6.45) is 1.10. The zero-order chi connectivity index (χ0) is 12.9. The van der Waals surface area contributed by atoms with Gasteiger partial charge in [0, 0.05) is 17.6 Å². The first kappa shape index (κ1) is 14.0. The van der Waals surface area contributed by atoms with Gasteiger partial charge in [0.05, 0.1) is 17.5 Å². The van der Waals surface area contributed by atoms with E-state index >= 15 is 0 Å². The molecule has 0 amide bonds. The van der Waals surface area contributed by atoms with Crippen LogP contribution in [-0.4, -0.2) is 27.8 Å². The highest BCUT2D eigenvalue weighted by Crippen LogP contribution is 2.19. The quantitative estimate of drug-likeness (QED) is 0.801. The van der Waals surface area contributed by atoms with E-state index in [4.69, 9.17) is 5.26 Å². The topological polar surface area (TPSA) is 82.0 Å². The highest BCUT2D eigenvalue weighted by Gasteiger charge is 2.03. The average molecular weight is 318 g/mol. The standard InChI is InChI=1S/C10H12BrN3O2S/c1-17(15,16)14-5-4-13-10-3-2-9(11)6-8(10)7-12/h2-3,6,13-14H,4-5H2,1H3. The minimum absolute atomic E-state index is 0.278. The van der Waals surface area contributed by atoms with Crippen molar-refractivity contribution in [2.75, 3.05) is 24.7 Å². The van der Waals surface area contributed by atoms with E-state index in [1.807, 2.05) is 6.07 Å². The van der Waals surface area contributed by atoms with Crippen molar-refractivity contribution >= 4 is 31.6 Å². The number of benzene rings is 1. The molecule has 7 heteroatoms. The second kappa shape index (κ2) is 6.00. The van der Waals surface area contributed by atoms with E-state index < -0.39 is 10.0 Å². The van der Waals surface area contributed by atoms with Crippen molar-refractivity contribution in [1.29, 1.82) is 5.26 Å². The fourth-order valence-corrected chi connectivity index (χ4v) is 2.03. The van der Waals surface area contributed by atoms with Crippen LogP contribution in [0.1, 0.15) is 5.56 Å². The summed E-state index contributed by atoms with van der Waals surface area (Å²) in [4.78, 5) is 0. The van der Waals surface area contributed by atoms with Gasteiger partial charge in [-0.1, -0.05) is 15.9 Å². The molecule has 0 saturated heterocycles. The van der Waals surface area contributed by atoms with Gasteiger partial charge in [0.2, 0.25) is 10.0 Å². The lowest BCUT2D eigenvalue weighted by Crippen LogP contribution is -2.27. The van der Waals surface area contributed by atoms with Crippen LogP contribution in [0.15, 0.2) is 22.7 Å². The predicted octanol–water partition coefficient (Wildman–Crippen LogP) is 1.28. The lowest BCUT2D eigenvalue weighted by molar-refractivity contribution is 0.589. The summed E-state index contributed by atoms with van der Waals surface area (Å²) >= 11 is 3.27. The van der Waals surface area contributed by atoms with Crippen LogP contribution in [-0.2, 0) is 10.0 Å². The van der Waals surface area contributed by atoms with Gasteiger partial charge in [-0.25, -0.2) is 13.1 Å². The number of anilines is 1. The Hall–Kier alpha value is -1.10. The first-order valence-electron chi connectivity index (χ1n) is 4.80. The third-order valence-electron chi connectivity index (χ3n) is 1.91. The van der Waals surface area contributed by atoms with Gasteiger partial charge >= 0.3 is 0 Å². The molecule has 1 aromatic rings. The minimum Gasteiger partial charge on any atom is -0.383 e. The summed E-state index contributed by atoms with van der Waals surface area (Å²) in [6, 6.07) is 7.34. The highest BCUT2D eigenvalue weighted by molar-refractivity contribution is 9.10. The Kier molecular flexibility index (Phi) is 4.93. The first-order valence-corrected chi connectivity index (χ1v) is 7.49. The van der Waals surface area contributed by atoms with E-state index in [0.29, 0.717) is 17.8 Å². The monoisotopic (exact) mass is 317 g/mol. The summed E-state index contributed by atoms with van der Waals surface area (Å²) in [7, 11) is -3.16. The third kappa shape index (κ3) is 5.17. The van der Waals surface area contributed by atoms with Crippen molar-refractivity contribution in [3.05, 3.63) is 28.2 Å². The van der Waals surface area contributed by atoms with E-state index in [0.717, 1.165) is 10.7 Å². The van der Waals surface area contributed by atoms with Crippen molar-refractivity contribution in [1.82, 2.24) is 4.72 Å². The molecule has 17 heavy (non-hydrogen) atoms. The normalized spacial score (nSPS) is 10.9. The molecule has 92 valence electrons. The van der Waals surface area contributed by atoms with Crippen LogP contribution in [0.25, 0.3) is 0 Å². The Labute approximate surface area is 109 Å². The first-order chi connectivity index (χ1) is 7.92. The maximum atomic E-state index is 10.8. The second-order valence-electron chi connectivity index (χ2n) is 3.39. The molecule has 0 bridgehead atoms. The van der Waals surface area contributed by atoms with Crippen molar-refractivity contribution in [3.8, 4) is 6.07 Å². The lowest BCUT2D eigenvalue weighted by Gasteiger charge is -2.08. The number of hydrogen-bond donors (Lipinski definition) is 2. The van der Waals surface area contributed by atoms with Crippen LogP contribution in [0.4, 0.5) is 5.69 Å². The Morgan fingerprint density at radius 2 is 2.12 bits per heavy atom. The van der Waals surface area contributed by atoms with Crippen LogP contribution in [0.3, 0.4) is 0 Å². The molecule has 0 atom stereocenters. The number of hydrogen-bond acceptors (Lipinski definition) is 4. The fourth-order valence-electron chi connectivity index (χ4n) is 1.20. The highest BCUT2D eigenvalue weighted by atomic mass is 79.9. The maximum absolute atomic E-state index is 10.8. The summed E-state index contributed by atoms with van der Waals surface area (Å²) in [5.74, 6) is 0. The van der Waals surface area contributed by atoms with Crippen LogP contribution in [0, 0.1) is 11.3 Å². The molecule has 0 heterocycles. The number of nitrogens with one attached hydrogen (secondary N) is 2. The molecule has 0 aliphatic heterocycles. The van der Waals surface area contributed by atoms with Gasteiger partial charge in [0.1, 0.15) is 6.07 Å². The molecule has 2 N–H and O–H groups in total. The molecule has 0 aliphatic rings. The van der Waals surface area contributed by atoms with Crippen molar-refractivity contribution in [2.24, 2.45) is 0 Å². The van der Waals surface area contributed by atoms with Crippen LogP contribution in [0.2, 0.25) is 0 Å². The molecule has 0 aromatic heterocycles. The molecular weight excluding hydrogens is 306 g/mol. The SMILES string of the molecule is CS(=O)(=O)NCCNc1ccc(Br)cc1C#N. The summed E-state index contributed by atoms with van der Waals surface area (Å²) < 4.78 is 24.8. The van der Waals surface area contributed by atoms with Crippen LogP contribution in [0.5, 0.6) is 0 Å². The molecule has 0 spiro atoms. The van der Waals surface area contributed by atoms with E-state index in [2.05, 4.69) is 32.0 Å². The molecule has 1 rings (SSSR count). The smallest absolute Gasteiger partial charge is 0.208 e. The summed E-state index contributed by atoms with van der Waals surface area (Å²) in [5, 5.41) is 11.9. The van der Waals surface area contributed by atoms with Gasteiger partial charge in [-0.2, -0.15) is 5.26 Å². The summed E-state index contributed by atoms with van der Waals surface area (Å²) in [6.45, 7) is 0.698. The van der Waals surface area contributed by atoms with Crippen molar-refractivity contribution in [3.63, 3.8) is 0 Å². The van der Waals surface area contributed by atoms with Gasteiger partial charge in [0.15, 0.2) is 0 Å². The van der Waals surface area contributed by atoms with E-state index in [9.17, 15) is 8.42 Å². The summed E-state index contributed by atoms with van der Waals surface area (Å²) in [5.41, 5.74) is 1.20. The largest absolute Gasteiger partial charge is 0.383 e. The molecular formula is C10H12BrN3O2S. The fraction of sp³-hybridized carbons (Fsp3) is 0.300. The Balaban J connectivity index is 2.56. The lowest BCUT2D eigenvalue weighted by atomic mass is 10.2. The molecule has 0 radical (unpaired) electrons. The zero-order valence-corrected chi connectivity index (χ0v) is 11.6. The van der Waals surface area contributed by atoms with E-state index in [1.165, 1.54) is 0 Å². The number of halogens is 1. The molecule has 0 saturated carbocycles. The van der Waals surface area contributed by atoms with Gasteiger partial charge in [0.25, 0.3) is 0 Å². The number of rotatable bonds is 5. The molecule has 5 nitrogen and oxygen atoms in total. The Morgan fingerprint density at radius 3 is 2.71 bits per heavy atom. The maximum Gasteiger partial charge on any atom is 0.208 e. The predicted molar refractivity (Wildman–Crippen MR) is 70.2 cm³/mol. The van der Waals surface area contributed by atoms with E-state index in [-0.39, 0.29) is 6.54 Å². The van der Waals surface area contributed by atoms with Gasteiger partial charge < -0.3 is 5.32 Å². The van der Waals surface area contributed by atoms with Crippen molar-refractivity contribution in [2.45, 2.75) is 0 Å². The van der Waals surface area contributed by atoms with Crippen LogP contribution >= 0.6 is 15.9 Å². The van der Waals surface area contributed by atoms with E-state index in [1.54, 1.807) is 12.1 Å². The molecule has 0 unspecified atom stereocenters. The molecule has 0 aliphatic carbocycles. The molecule has 0 fully saturated rings. The Bertz CT molecular complexity index is 537.